The molecule has 1 saturated heterocycles. The van der Waals surface area contributed by atoms with Crippen LogP contribution in [0.4, 0.5) is 5.69 Å². The van der Waals surface area contributed by atoms with Crippen LogP contribution in [0.1, 0.15) is 25.3 Å². The number of carbonyl (C=O) groups is 1. The molecule has 5 heteroatoms. The summed E-state index contributed by atoms with van der Waals surface area (Å²) in [6.45, 7) is 3.44. The van der Waals surface area contributed by atoms with Gasteiger partial charge in [0.1, 0.15) is 5.75 Å². The Kier molecular flexibility index (Phi) is 4.98. The third-order valence-electron chi connectivity index (χ3n) is 3.77. The molecule has 110 valence electrons. The predicted molar refractivity (Wildman–Crippen MR) is 77.8 cm³/mol. The number of carbonyl (C=O) groups excluding carboxylic acids is 1. The van der Waals surface area contributed by atoms with Gasteiger partial charge in [-0.3, -0.25) is 9.69 Å². The van der Waals surface area contributed by atoms with Gasteiger partial charge in [-0.1, -0.05) is 0 Å². The van der Waals surface area contributed by atoms with Crippen LogP contribution in [0.15, 0.2) is 18.2 Å². The van der Waals surface area contributed by atoms with E-state index in [0.717, 1.165) is 19.4 Å². The largest absolute Gasteiger partial charge is 0.496 e. The van der Waals surface area contributed by atoms with E-state index < -0.39 is 0 Å². The zero-order chi connectivity index (χ0) is 14.5. The molecule has 1 fully saturated rings. The topological polar surface area (TPSA) is 61.8 Å². The number of nitrogens with zero attached hydrogens (tertiary/aromatic N) is 1. The summed E-state index contributed by atoms with van der Waals surface area (Å²) >= 11 is 0. The SMILES string of the molecule is COc1ccc(NC(=O)CN2CCCC2C)cc1CO. The minimum atomic E-state index is -0.115. The van der Waals surface area contributed by atoms with Crippen LogP contribution in [-0.2, 0) is 11.4 Å². The summed E-state index contributed by atoms with van der Waals surface area (Å²) in [6.07, 6.45) is 2.32. The van der Waals surface area contributed by atoms with Crippen molar-refractivity contribution in [3.63, 3.8) is 0 Å². The van der Waals surface area contributed by atoms with E-state index in [4.69, 9.17) is 4.74 Å². The van der Waals surface area contributed by atoms with Gasteiger partial charge in [0.2, 0.25) is 5.91 Å². The van der Waals surface area contributed by atoms with Crippen LogP contribution in [0.5, 0.6) is 5.75 Å². The average Bonchev–Trinajstić information content (AvgIpc) is 2.84. The zero-order valence-electron chi connectivity index (χ0n) is 12.1. The first kappa shape index (κ1) is 14.8. The van der Waals surface area contributed by atoms with Crippen molar-refractivity contribution in [2.45, 2.75) is 32.4 Å². The number of hydrogen-bond acceptors (Lipinski definition) is 4. The maximum atomic E-state index is 12.0. The lowest BCUT2D eigenvalue weighted by atomic mass is 10.2. The molecule has 2 rings (SSSR count). The molecule has 2 N–H and O–H groups in total. The highest BCUT2D eigenvalue weighted by atomic mass is 16.5. The molecule has 1 aliphatic rings. The highest BCUT2D eigenvalue weighted by Gasteiger charge is 2.22. The van der Waals surface area contributed by atoms with Gasteiger partial charge in [-0.15, -0.1) is 0 Å². The van der Waals surface area contributed by atoms with Crippen molar-refractivity contribution in [1.29, 1.82) is 0 Å². The van der Waals surface area contributed by atoms with Crippen LogP contribution in [-0.4, -0.2) is 42.2 Å². The summed E-state index contributed by atoms with van der Waals surface area (Å²) < 4.78 is 5.14. The quantitative estimate of drug-likeness (QED) is 0.859. The lowest BCUT2D eigenvalue weighted by Gasteiger charge is -2.20. The van der Waals surface area contributed by atoms with Gasteiger partial charge in [0.05, 0.1) is 20.3 Å². The van der Waals surface area contributed by atoms with Gasteiger partial charge in [0, 0.05) is 17.3 Å². The van der Waals surface area contributed by atoms with E-state index in [9.17, 15) is 9.90 Å². The zero-order valence-corrected chi connectivity index (χ0v) is 12.1. The molecule has 0 spiro atoms. The van der Waals surface area contributed by atoms with E-state index in [2.05, 4.69) is 17.1 Å². The van der Waals surface area contributed by atoms with Crippen LogP contribution in [0.3, 0.4) is 0 Å². The monoisotopic (exact) mass is 278 g/mol. The van der Waals surface area contributed by atoms with Crippen molar-refractivity contribution in [2.24, 2.45) is 0 Å². The Morgan fingerprint density at radius 1 is 1.55 bits per heavy atom. The summed E-state index contributed by atoms with van der Waals surface area (Å²) in [5, 5.41) is 12.1. The van der Waals surface area contributed by atoms with Crippen LogP contribution in [0.2, 0.25) is 0 Å². The van der Waals surface area contributed by atoms with Crippen LogP contribution < -0.4 is 10.1 Å². The van der Waals surface area contributed by atoms with Gasteiger partial charge in [0.25, 0.3) is 0 Å². The van der Waals surface area contributed by atoms with Crippen molar-refractivity contribution >= 4 is 11.6 Å². The molecule has 0 bridgehead atoms. The number of rotatable bonds is 5. The number of hydrogen-bond donors (Lipinski definition) is 2. The molecule has 5 nitrogen and oxygen atoms in total. The molecular formula is C15H22N2O3. The van der Waals surface area contributed by atoms with Gasteiger partial charge in [-0.25, -0.2) is 0 Å². The molecule has 1 aliphatic heterocycles. The molecule has 1 aromatic carbocycles. The van der Waals surface area contributed by atoms with Gasteiger partial charge in [-0.05, 0) is 44.5 Å². The molecule has 1 atom stereocenters. The van der Waals surface area contributed by atoms with Crippen molar-refractivity contribution in [3.05, 3.63) is 23.8 Å². The fourth-order valence-corrected chi connectivity index (χ4v) is 2.59. The fourth-order valence-electron chi connectivity index (χ4n) is 2.59. The predicted octanol–water partition coefficient (Wildman–Crippen LogP) is 1.61. The molecule has 1 unspecified atom stereocenters. The Labute approximate surface area is 119 Å². The Hall–Kier alpha value is -1.59. The number of likely N-dealkylation sites (tertiary alicyclic amines) is 1. The Bertz CT molecular complexity index is 476. The van der Waals surface area contributed by atoms with E-state index in [-0.39, 0.29) is 12.5 Å². The van der Waals surface area contributed by atoms with Gasteiger partial charge >= 0.3 is 0 Å². The molecule has 1 amide bonds. The molecule has 1 aromatic rings. The van der Waals surface area contributed by atoms with E-state index in [1.54, 1.807) is 25.3 Å². The second-order valence-electron chi connectivity index (χ2n) is 5.19. The lowest BCUT2D eigenvalue weighted by Crippen LogP contribution is -2.35. The number of amides is 1. The van der Waals surface area contributed by atoms with Crippen molar-refractivity contribution in [1.82, 2.24) is 4.90 Å². The molecule has 1 heterocycles. The van der Waals surface area contributed by atoms with E-state index in [0.29, 0.717) is 29.6 Å². The summed E-state index contributed by atoms with van der Waals surface area (Å²) in [7, 11) is 1.56. The molecule has 0 radical (unpaired) electrons. The van der Waals surface area contributed by atoms with Crippen molar-refractivity contribution in [2.75, 3.05) is 25.5 Å². The highest BCUT2D eigenvalue weighted by molar-refractivity contribution is 5.92. The van der Waals surface area contributed by atoms with Crippen molar-refractivity contribution in [3.8, 4) is 5.75 Å². The molecule has 0 aromatic heterocycles. The normalized spacial score (nSPS) is 19.1. The summed E-state index contributed by atoms with van der Waals surface area (Å²) in [5.74, 6) is 0.603. The average molecular weight is 278 g/mol. The number of methoxy groups -OCH3 is 1. The summed E-state index contributed by atoms with van der Waals surface area (Å²) in [5.41, 5.74) is 1.35. The van der Waals surface area contributed by atoms with Crippen LogP contribution in [0.25, 0.3) is 0 Å². The van der Waals surface area contributed by atoms with Crippen molar-refractivity contribution < 1.29 is 14.6 Å². The van der Waals surface area contributed by atoms with Crippen LogP contribution in [0, 0.1) is 0 Å². The highest BCUT2D eigenvalue weighted by Crippen LogP contribution is 2.23. The number of benzene rings is 1. The standard InChI is InChI=1S/C15H22N2O3/c1-11-4-3-7-17(11)9-15(19)16-13-5-6-14(20-2)12(8-13)10-18/h5-6,8,11,18H,3-4,7,9-10H2,1-2H3,(H,16,19). The summed E-state index contributed by atoms with van der Waals surface area (Å²) in [4.78, 5) is 14.2. The van der Waals surface area contributed by atoms with Crippen LogP contribution >= 0.6 is 0 Å². The Morgan fingerprint density at radius 3 is 2.95 bits per heavy atom. The molecule has 20 heavy (non-hydrogen) atoms. The van der Waals surface area contributed by atoms with Gasteiger partial charge in [0.15, 0.2) is 0 Å². The second-order valence-corrected chi connectivity index (χ2v) is 5.19. The number of aliphatic hydroxyl groups excluding tert-OH is 1. The first-order valence-corrected chi connectivity index (χ1v) is 6.95. The molecule has 0 aliphatic carbocycles. The van der Waals surface area contributed by atoms with E-state index in [1.165, 1.54) is 0 Å². The first-order valence-electron chi connectivity index (χ1n) is 6.95. The third kappa shape index (κ3) is 3.49. The maximum absolute atomic E-state index is 12.0. The number of nitrogens with one attached hydrogen (secondary N) is 1. The number of ether oxygens (including phenoxy) is 1. The molecular weight excluding hydrogens is 256 g/mol. The van der Waals surface area contributed by atoms with Gasteiger partial charge in [-0.2, -0.15) is 0 Å². The third-order valence-corrected chi connectivity index (χ3v) is 3.77. The lowest BCUT2D eigenvalue weighted by molar-refractivity contribution is -0.117. The number of anilines is 1. The van der Waals surface area contributed by atoms with E-state index in [1.807, 2.05) is 0 Å². The maximum Gasteiger partial charge on any atom is 0.238 e. The fraction of sp³-hybridized carbons (Fsp3) is 0.533. The minimum Gasteiger partial charge on any atom is -0.496 e. The summed E-state index contributed by atoms with van der Waals surface area (Å²) in [6, 6.07) is 5.75. The smallest absolute Gasteiger partial charge is 0.238 e. The van der Waals surface area contributed by atoms with Gasteiger partial charge < -0.3 is 15.2 Å². The minimum absolute atomic E-state index is 0.0205. The first-order chi connectivity index (χ1) is 9.63. The molecule has 0 saturated carbocycles. The van der Waals surface area contributed by atoms with E-state index >= 15 is 0 Å². The number of aliphatic hydroxyl groups is 1. The Morgan fingerprint density at radius 2 is 2.35 bits per heavy atom. The second kappa shape index (κ2) is 6.72. The Balaban J connectivity index is 1.97.